The third-order valence-corrected chi connectivity index (χ3v) is 11.7. The van der Waals surface area contributed by atoms with Crippen molar-refractivity contribution in [1.29, 1.82) is 0 Å². The monoisotopic (exact) mass is 789 g/mol. The molecule has 0 aliphatic carbocycles. The lowest BCUT2D eigenvalue weighted by atomic mass is 9.91. The Balaban J connectivity index is 1.02. The van der Waals surface area contributed by atoms with E-state index < -0.39 is 0 Å². The summed E-state index contributed by atoms with van der Waals surface area (Å²) in [4.78, 5) is 15.8. The van der Waals surface area contributed by atoms with Gasteiger partial charge in [-0.25, -0.2) is 15.0 Å². The molecule has 11 aromatic rings. The zero-order valence-electron chi connectivity index (χ0n) is 33.9. The van der Waals surface area contributed by atoms with Gasteiger partial charge in [0.25, 0.3) is 0 Å². The van der Waals surface area contributed by atoms with E-state index in [0.29, 0.717) is 5.82 Å². The maximum absolute atomic E-state index is 5.29. The molecule has 3 heteroatoms. The molecule has 62 heavy (non-hydrogen) atoms. The highest BCUT2D eigenvalue weighted by Gasteiger charge is 2.17. The van der Waals surface area contributed by atoms with E-state index in [1.807, 2.05) is 12.1 Å². The summed E-state index contributed by atoms with van der Waals surface area (Å²) in [5.41, 5.74) is 17.0. The number of pyridine rings is 1. The predicted octanol–water partition coefficient (Wildman–Crippen LogP) is 15.5. The third kappa shape index (κ3) is 7.12. The minimum absolute atomic E-state index is 0.683. The van der Waals surface area contributed by atoms with Gasteiger partial charge in [0.2, 0.25) is 0 Å². The maximum Gasteiger partial charge on any atom is 0.160 e. The SMILES string of the molecule is c1ccc(-c2cccc(-c3cc(-c4ccc(-c5ccc6nc(-c7ccccc7)c7cccc(-c8ccccc8)c7c6c5)cc4)nc(-c4cccc(-c5ccccc5)c4)n3)c2)cc1. The fourth-order valence-corrected chi connectivity index (χ4v) is 8.57. The molecular weight excluding hydrogens is 751 g/mol. The molecule has 0 unspecified atom stereocenters. The quantitative estimate of drug-likeness (QED) is 0.144. The maximum atomic E-state index is 5.29. The summed E-state index contributed by atoms with van der Waals surface area (Å²) in [6.45, 7) is 0. The van der Waals surface area contributed by atoms with Gasteiger partial charge in [-0.05, 0) is 74.8 Å². The summed E-state index contributed by atoms with van der Waals surface area (Å²) in [5, 5.41) is 3.47. The Morgan fingerprint density at radius 1 is 0.242 bits per heavy atom. The van der Waals surface area contributed by atoms with Gasteiger partial charge in [0.1, 0.15) is 0 Å². The van der Waals surface area contributed by atoms with Crippen LogP contribution in [0.15, 0.2) is 237 Å². The van der Waals surface area contributed by atoms with E-state index in [1.54, 1.807) is 0 Å². The average Bonchev–Trinajstić information content (AvgIpc) is 3.37. The smallest absolute Gasteiger partial charge is 0.160 e. The molecule has 0 amide bonds. The molecule has 0 fully saturated rings. The van der Waals surface area contributed by atoms with Crippen LogP contribution in [0.5, 0.6) is 0 Å². The molecule has 0 saturated carbocycles. The summed E-state index contributed by atoms with van der Waals surface area (Å²) in [5.74, 6) is 0.683. The van der Waals surface area contributed by atoms with Gasteiger partial charge in [-0.2, -0.15) is 0 Å². The van der Waals surface area contributed by atoms with Crippen molar-refractivity contribution in [2.75, 3.05) is 0 Å². The van der Waals surface area contributed by atoms with E-state index in [0.717, 1.165) is 83.4 Å². The first kappa shape index (κ1) is 36.8. The van der Waals surface area contributed by atoms with E-state index in [1.165, 1.54) is 22.1 Å². The molecule has 2 heterocycles. The molecule has 9 aromatic carbocycles. The minimum atomic E-state index is 0.683. The topological polar surface area (TPSA) is 38.7 Å². The Bertz CT molecular complexity index is 3260. The minimum Gasteiger partial charge on any atom is -0.247 e. The van der Waals surface area contributed by atoms with Crippen molar-refractivity contribution in [3.63, 3.8) is 0 Å². The zero-order valence-corrected chi connectivity index (χ0v) is 33.9. The Hall–Kier alpha value is -8.27. The van der Waals surface area contributed by atoms with Gasteiger partial charge in [-0.3, -0.25) is 0 Å². The molecule has 0 spiro atoms. The lowest BCUT2D eigenvalue weighted by Gasteiger charge is -2.15. The summed E-state index contributed by atoms with van der Waals surface area (Å²) < 4.78 is 0. The molecule has 2 aromatic heterocycles. The number of hydrogen-bond donors (Lipinski definition) is 0. The highest BCUT2D eigenvalue weighted by molar-refractivity contribution is 6.17. The second kappa shape index (κ2) is 16.1. The Labute approximate surface area is 361 Å². The van der Waals surface area contributed by atoms with Crippen molar-refractivity contribution in [3.05, 3.63) is 237 Å². The highest BCUT2D eigenvalue weighted by Crippen LogP contribution is 2.40. The standard InChI is InChI=1S/C59H39N3/c1-5-16-40(17-6-1)46-24-13-26-49(36-46)56-39-55(61-59(62-56)50-27-14-25-47(37-50)41-18-7-2-8-19-41)44-32-30-42(31-33-44)48-34-35-54-53(38-48)57-51(43-20-9-3-10-21-43)28-15-29-52(57)58(60-54)45-22-11-4-12-23-45/h1-39H. The van der Waals surface area contributed by atoms with Crippen LogP contribution in [0.3, 0.4) is 0 Å². The molecular formula is C59H39N3. The summed E-state index contributed by atoms with van der Waals surface area (Å²) in [6, 6.07) is 83.4. The number of fused-ring (bicyclic) bond motifs is 3. The van der Waals surface area contributed by atoms with Gasteiger partial charge in [0.05, 0.1) is 22.6 Å². The predicted molar refractivity (Wildman–Crippen MR) is 258 cm³/mol. The zero-order chi connectivity index (χ0) is 41.2. The second-order valence-electron chi connectivity index (χ2n) is 15.6. The van der Waals surface area contributed by atoms with Crippen molar-refractivity contribution in [2.45, 2.75) is 0 Å². The molecule has 290 valence electrons. The van der Waals surface area contributed by atoms with Crippen LogP contribution in [0.1, 0.15) is 0 Å². The molecule has 11 rings (SSSR count). The van der Waals surface area contributed by atoms with Crippen LogP contribution in [0, 0.1) is 0 Å². The molecule has 0 atom stereocenters. The van der Waals surface area contributed by atoms with E-state index in [2.05, 4.69) is 224 Å². The molecule has 0 aliphatic heterocycles. The Morgan fingerprint density at radius 2 is 0.694 bits per heavy atom. The number of hydrogen-bond acceptors (Lipinski definition) is 3. The summed E-state index contributed by atoms with van der Waals surface area (Å²) in [7, 11) is 0. The Kier molecular flexibility index (Phi) is 9.53. The van der Waals surface area contributed by atoms with Gasteiger partial charge in [0.15, 0.2) is 5.82 Å². The molecule has 3 nitrogen and oxygen atoms in total. The van der Waals surface area contributed by atoms with E-state index >= 15 is 0 Å². The first-order chi connectivity index (χ1) is 30.7. The van der Waals surface area contributed by atoms with E-state index in [9.17, 15) is 0 Å². The second-order valence-corrected chi connectivity index (χ2v) is 15.6. The normalized spacial score (nSPS) is 11.2. The van der Waals surface area contributed by atoms with Crippen LogP contribution in [-0.4, -0.2) is 15.0 Å². The van der Waals surface area contributed by atoms with Gasteiger partial charge < -0.3 is 0 Å². The average molecular weight is 790 g/mol. The van der Waals surface area contributed by atoms with Crippen molar-refractivity contribution in [1.82, 2.24) is 15.0 Å². The first-order valence-electron chi connectivity index (χ1n) is 21.0. The summed E-state index contributed by atoms with van der Waals surface area (Å²) >= 11 is 0. The number of rotatable bonds is 8. The number of nitrogens with zero attached hydrogens (tertiary/aromatic N) is 3. The molecule has 0 N–H and O–H groups in total. The lowest BCUT2D eigenvalue weighted by Crippen LogP contribution is -1.96. The number of aromatic nitrogens is 3. The largest absolute Gasteiger partial charge is 0.247 e. The first-order valence-corrected chi connectivity index (χ1v) is 21.0. The van der Waals surface area contributed by atoms with E-state index in [4.69, 9.17) is 15.0 Å². The van der Waals surface area contributed by atoms with Crippen LogP contribution in [0.4, 0.5) is 0 Å². The van der Waals surface area contributed by atoms with Crippen LogP contribution < -0.4 is 0 Å². The van der Waals surface area contributed by atoms with Crippen LogP contribution in [0.25, 0.3) is 111 Å². The van der Waals surface area contributed by atoms with Crippen LogP contribution in [-0.2, 0) is 0 Å². The van der Waals surface area contributed by atoms with Gasteiger partial charge in [-0.1, -0.05) is 206 Å². The molecule has 0 aliphatic rings. The molecule has 0 saturated heterocycles. The van der Waals surface area contributed by atoms with Crippen LogP contribution in [0.2, 0.25) is 0 Å². The fraction of sp³-hybridized carbons (Fsp3) is 0. The van der Waals surface area contributed by atoms with Crippen molar-refractivity contribution in [3.8, 4) is 89.7 Å². The third-order valence-electron chi connectivity index (χ3n) is 11.7. The van der Waals surface area contributed by atoms with E-state index in [-0.39, 0.29) is 0 Å². The van der Waals surface area contributed by atoms with Gasteiger partial charge in [-0.15, -0.1) is 0 Å². The summed E-state index contributed by atoms with van der Waals surface area (Å²) in [6.07, 6.45) is 0. The van der Waals surface area contributed by atoms with Gasteiger partial charge in [0, 0.05) is 38.4 Å². The lowest BCUT2D eigenvalue weighted by molar-refractivity contribution is 1.18. The van der Waals surface area contributed by atoms with Gasteiger partial charge >= 0.3 is 0 Å². The van der Waals surface area contributed by atoms with Crippen molar-refractivity contribution >= 4 is 21.7 Å². The Morgan fingerprint density at radius 3 is 1.34 bits per heavy atom. The van der Waals surface area contributed by atoms with Crippen molar-refractivity contribution in [2.24, 2.45) is 0 Å². The van der Waals surface area contributed by atoms with Crippen LogP contribution >= 0.6 is 0 Å². The molecule has 0 bridgehead atoms. The highest BCUT2D eigenvalue weighted by atomic mass is 14.9. The van der Waals surface area contributed by atoms with Crippen molar-refractivity contribution < 1.29 is 0 Å². The number of benzene rings is 9. The molecule has 0 radical (unpaired) electrons. The fourth-order valence-electron chi connectivity index (χ4n) is 8.57.